The summed E-state index contributed by atoms with van der Waals surface area (Å²) >= 11 is 0. The highest BCUT2D eigenvalue weighted by atomic mass is 16.6. The van der Waals surface area contributed by atoms with Gasteiger partial charge in [0.1, 0.15) is 5.82 Å². The normalized spacial score (nSPS) is 10.7. The summed E-state index contributed by atoms with van der Waals surface area (Å²) in [5.74, 6) is 0.729. The molecule has 0 bridgehead atoms. The zero-order valence-electron chi connectivity index (χ0n) is 14.4. The first-order chi connectivity index (χ1) is 13.2. The van der Waals surface area contributed by atoms with Gasteiger partial charge in [-0.2, -0.15) is 0 Å². The Morgan fingerprint density at radius 1 is 0.963 bits per heavy atom. The van der Waals surface area contributed by atoms with E-state index in [4.69, 9.17) is 0 Å². The molecule has 0 radical (unpaired) electrons. The Hall–Kier alpha value is -3.80. The van der Waals surface area contributed by atoms with Crippen LogP contribution in [-0.2, 0) is 6.54 Å². The fourth-order valence-corrected chi connectivity index (χ4v) is 2.87. The van der Waals surface area contributed by atoms with Crippen LogP contribution in [0.15, 0.2) is 79.1 Å². The van der Waals surface area contributed by atoms with Crippen LogP contribution in [-0.4, -0.2) is 14.9 Å². The van der Waals surface area contributed by atoms with Gasteiger partial charge in [-0.1, -0.05) is 30.3 Å². The third-order valence-corrected chi connectivity index (χ3v) is 4.31. The van der Waals surface area contributed by atoms with Crippen molar-refractivity contribution in [3.63, 3.8) is 0 Å². The maximum absolute atomic E-state index is 10.9. The molecule has 0 atom stereocenters. The quantitative estimate of drug-likeness (QED) is 0.410. The zero-order valence-corrected chi connectivity index (χ0v) is 14.4. The molecule has 0 aliphatic heterocycles. The molecule has 2 aromatic carbocycles. The van der Waals surface area contributed by atoms with Crippen molar-refractivity contribution < 1.29 is 4.92 Å². The third kappa shape index (κ3) is 3.74. The van der Waals surface area contributed by atoms with Crippen LogP contribution < -0.4 is 5.32 Å². The second kappa shape index (κ2) is 7.21. The number of pyridine rings is 2. The zero-order chi connectivity index (χ0) is 18.6. The van der Waals surface area contributed by atoms with Crippen molar-refractivity contribution >= 4 is 22.4 Å². The molecule has 0 saturated heterocycles. The molecule has 2 aromatic heterocycles. The molecule has 6 heteroatoms. The summed E-state index contributed by atoms with van der Waals surface area (Å²) in [7, 11) is 0. The van der Waals surface area contributed by atoms with Gasteiger partial charge in [-0.3, -0.25) is 15.1 Å². The Balaban J connectivity index is 1.46. The highest BCUT2D eigenvalue weighted by molar-refractivity contribution is 5.82. The molecule has 132 valence electrons. The maximum Gasteiger partial charge on any atom is 0.270 e. The van der Waals surface area contributed by atoms with E-state index in [0.29, 0.717) is 6.54 Å². The number of hydrogen-bond donors (Lipinski definition) is 1. The predicted octanol–water partition coefficient (Wildman–Crippen LogP) is 4.82. The minimum absolute atomic E-state index is 0.0683. The number of benzene rings is 2. The van der Waals surface area contributed by atoms with Crippen LogP contribution in [0.25, 0.3) is 22.0 Å². The number of anilines is 1. The molecular formula is C21H16N4O2. The maximum atomic E-state index is 10.9. The van der Waals surface area contributed by atoms with E-state index in [1.165, 1.54) is 12.1 Å². The number of nitrogens with one attached hydrogen (secondary N) is 1. The van der Waals surface area contributed by atoms with E-state index in [0.717, 1.165) is 33.4 Å². The highest BCUT2D eigenvalue weighted by Gasteiger charge is 2.07. The van der Waals surface area contributed by atoms with Crippen molar-refractivity contribution in [2.24, 2.45) is 0 Å². The van der Waals surface area contributed by atoms with E-state index in [1.807, 2.05) is 30.5 Å². The van der Waals surface area contributed by atoms with Crippen LogP contribution in [0.1, 0.15) is 5.56 Å². The Morgan fingerprint density at radius 2 is 1.81 bits per heavy atom. The number of nitro groups is 1. The molecule has 4 aromatic rings. The van der Waals surface area contributed by atoms with E-state index in [-0.39, 0.29) is 5.69 Å². The summed E-state index contributed by atoms with van der Waals surface area (Å²) in [4.78, 5) is 19.1. The molecule has 0 unspecified atom stereocenters. The van der Waals surface area contributed by atoms with E-state index in [1.54, 1.807) is 12.3 Å². The molecule has 0 spiro atoms. The molecule has 1 N–H and O–H groups in total. The molecule has 0 amide bonds. The van der Waals surface area contributed by atoms with E-state index < -0.39 is 4.92 Å². The number of aromatic nitrogens is 2. The summed E-state index contributed by atoms with van der Waals surface area (Å²) in [6.07, 6.45) is 3.60. The molecule has 0 fully saturated rings. The van der Waals surface area contributed by atoms with Crippen LogP contribution >= 0.6 is 0 Å². The van der Waals surface area contributed by atoms with Gasteiger partial charge in [-0.25, -0.2) is 4.98 Å². The van der Waals surface area contributed by atoms with Crippen molar-refractivity contribution in [1.29, 1.82) is 0 Å². The van der Waals surface area contributed by atoms with Crippen LogP contribution in [0.5, 0.6) is 0 Å². The second-order valence-electron chi connectivity index (χ2n) is 6.12. The number of nitro benzene ring substituents is 1. The van der Waals surface area contributed by atoms with Gasteiger partial charge in [0.15, 0.2) is 0 Å². The van der Waals surface area contributed by atoms with Gasteiger partial charge in [0, 0.05) is 36.5 Å². The van der Waals surface area contributed by atoms with Gasteiger partial charge >= 0.3 is 0 Å². The van der Waals surface area contributed by atoms with Gasteiger partial charge in [0.2, 0.25) is 0 Å². The molecule has 6 nitrogen and oxygen atoms in total. The first-order valence-corrected chi connectivity index (χ1v) is 8.47. The lowest BCUT2D eigenvalue weighted by Gasteiger charge is -2.08. The molecular weight excluding hydrogens is 340 g/mol. The lowest BCUT2D eigenvalue weighted by molar-refractivity contribution is -0.384. The fraction of sp³-hybridized carbons (Fsp3) is 0.0476. The van der Waals surface area contributed by atoms with Crippen molar-refractivity contribution in [3.8, 4) is 11.1 Å². The topological polar surface area (TPSA) is 81.0 Å². The minimum Gasteiger partial charge on any atom is -0.366 e. The van der Waals surface area contributed by atoms with Crippen molar-refractivity contribution in [1.82, 2.24) is 9.97 Å². The Morgan fingerprint density at radius 3 is 2.56 bits per heavy atom. The molecule has 0 saturated carbocycles. The summed E-state index contributed by atoms with van der Waals surface area (Å²) in [5.41, 5.74) is 4.13. The summed E-state index contributed by atoms with van der Waals surface area (Å²) in [6.45, 7) is 0.638. The first-order valence-electron chi connectivity index (χ1n) is 8.47. The van der Waals surface area contributed by atoms with Gasteiger partial charge < -0.3 is 5.32 Å². The Kier molecular flexibility index (Phi) is 4.45. The van der Waals surface area contributed by atoms with E-state index in [2.05, 4.69) is 39.6 Å². The molecule has 4 rings (SSSR count). The van der Waals surface area contributed by atoms with Crippen molar-refractivity contribution in [3.05, 3.63) is 94.8 Å². The molecule has 27 heavy (non-hydrogen) atoms. The number of nitrogens with zero attached hydrogens (tertiary/aromatic N) is 3. The first kappa shape index (κ1) is 16.7. The smallest absolute Gasteiger partial charge is 0.270 e. The standard InChI is InChI=1S/C21H16N4O2/c26-25(27)19-8-9-20-17(12-19)7-10-21(24-20)23-13-15-3-5-16(6-4-15)18-2-1-11-22-14-18/h1-12,14H,13H2,(H,23,24). The van der Waals surface area contributed by atoms with Gasteiger partial charge in [0.25, 0.3) is 5.69 Å². The summed E-state index contributed by atoms with van der Waals surface area (Å²) in [5, 5.41) is 14.9. The average Bonchev–Trinajstić information content (AvgIpc) is 2.72. The number of fused-ring (bicyclic) bond motifs is 1. The fourth-order valence-electron chi connectivity index (χ4n) is 2.87. The Bertz CT molecular complexity index is 1100. The number of non-ortho nitro benzene ring substituents is 1. The van der Waals surface area contributed by atoms with Gasteiger partial charge in [-0.05, 0) is 41.0 Å². The van der Waals surface area contributed by atoms with E-state index >= 15 is 0 Å². The molecule has 0 aliphatic carbocycles. The van der Waals surface area contributed by atoms with Crippen LogP contribution in [0.4, 0.5) is 11.5 Å². The van der Waals surface area contributed by atoms with E-state index in [9.17, 15) is 10.1 Å². The lowest BCUT2D eigenvalue weighted by atomic mass is 10.1. The predicted molar refractivity (Wildman–Crippen MR) is 105 cm³/mol. The van der Waals surface area contributed by atoms with Crippen LogP contribution in [0.3, 0.4) is 0 Å². The van der Waals surface area contributed by atoms with Crippen molar-refractivity contribution in [2.45, 2.75) is 6.54 Å². The summed E-state index contributed by atoms with van der Waals surface area (Å²) in [6, 6.07) is 20.6. The molecule has 0 aliphatic rings. The highest BCUT2D eigenvalue weighted by Crippen LogP contribution is 2.22. The minimum atomic E-state index is -0.402. The van der Waals surface area contributed by atoms with Gasteiger partial charge in [0.05, 0.1) is 10.4 Å². The number of hydrogen-bond acceptors (Lipinski definition) is 5. The monoisotopic (exact) mass is 356 g/mol. The average molecular weight is 356 g/mol. The SMILES string of the molecule is O=[N+]([O-])c1ccc2nc(NCc3ccc(-c4cccnc4)cc3)ccc2c1. The van der Waals surface area contributed by atoms with Gasteiger partial charge in [-0.15, -0.1) is 0 Å². The third-order valence-electron chi connectivity index (χ3n) is 4.31. The largest absolute Gasteiger partial charge is 0.366 e. The molecule has 2 heterocycles. The van der Waals surface area contributed by atoms with Crippen LogP contribution in [0, 0.1) is 10.1 Å². The van der Waals surface area contributed by atoms with Crippen molar-refractivity contribution in [2.75, 3.05) is 5.32 Å². The number of rotatable bonds is 5. The second-order valence-corrected chi connectivity index (χ2v) is 6.12. The Labute approximate surface area is 155 Å². The lowest BCUT2D eigenvalue weighted by Crippen LogP contribution is -2.01. The summed E-state index contributed by atoms with van der Waals surface area (Å²) < 4.78 is 0. The van der Waals surface area contributed by atoms with Crippen LogP contribution in [0.2, 0.25) is 0 Å².